The standard InChI is InChI=1S/C10H13ClN2O3S2/c1-7(10-12-2-3-17-10)13-5-8(4-9(13)14)6-18(11,15)16/h2-3,7-8H,4-6H2,1H3. The van der Waals surface area contributed by atoms with E-state index in [1.54, 1.807) is 11.1 Å². The van der Waals surface area contributed by atoms with Crippen molar-refractivity contribution in [3.63, 3.8) is 0 Å². The highest BCUT2D eigenvalue weighted by Gasteiger charge is 2.35. The van der Waals surface area contributed by atoms with E-state index in [4.69, 9.17) is 10.7 Å². The number of likely N-dealkylation sites (tertiary alicyclic amines) is 1. The van der Waals surface area contributed by atoms with E-state index in [-0.39, 0.29) is 30.0 Å². The van der Waals surface area contributed by atoms with Crippen LogP contribution in [-0.2, 0) is 13.8 Å². The molecule has 2 rings (SSSR count). The van der Waals surface area contributed by atoms with Gasteiger partial charge in [-0.25, -0.2) is 13.4 Å². The lowest BCUT2D eigenvalue weighted by Gasteiger charge is -2.22. The molecule has 1 amide bonds. The third-order valence-electron chi connectivity index (χ3n) is 2.95. The maximum absolute atomic E-state index is 11.9. The Morgan fingerprint density at radius 1 is 1.67 bits per heavy atom. The highest BCUT2D eigenvalue weighted by molar-refractivity contribution is 8.13. The Labute approximate surface area is 114 Å². The smallest absolute Gasteiger partial charge is 0.232 e. The molecule has 2 unspecified atom stereocenters. The summed E-state index contributed by atoms with van der Waals surface area (Å²) in [5.74, 6) is -0.410. The van der Waals surface area contributed by atoms with Crippen LogP contribution in [0.1, 0.15) is 24.4 Å². The highest BCUT2D eigenvalue weighted by atomic mass is 35.7. The summed E-state index contributed by atoms with van der Waals surface area (Å²) in [6, 6.07) is -0.111. The van der Waals surface area contributed by atoms with Crippen molar-refractivity contribution in [1.29, 1.82) is 0 Å². The van der Waals surface area contributed by atoms with Crippen LogP contribution in [0.3, 0.4) is 0 Å². The van der Waals surface area contributed by atoms with Crippen molar-refractivity contribution in [3.8, 4) is 0 Å². The van der Waals surface area contributed by atoms with E-state index >= 15 is 0 Å². The summed E-state index contributed by atoms with van der Waals surface area (Å²) in [5, 5.41) is 2.71. The molecule has 1 aliphatic rings. The molecule has 0 aliphatic carbocycles. The zero-order valence-electron chi connectivity index (χ0n) is 9.74. The number of carbonyl (C=O) groups is 1. The molecule has 8 heteroatoms. The lowest BCUT2D eigenvalue weighted by atomic mass is 10.1. The molecule has 0 bridgehead atoms. The minimum absolute atomic E-state index is 0.0389. The Morgan fingerprint density at radius 3 is 2.94 bits per heavy atom. The van der Waals surface area contributed by atoms with Gasteiger partial charge in [-0.05, 0) is 6.92 Å². The molecule has 2 atom stereocenters. The van der Waals surface area contributed by atoms with Crippen molar-refractivity contribution < 1.29 is 13.2 Å². The summed E-state index contributed by atoms with van der Waals surface area (Å²) in [6.07, 6.45) is 1.93. The van der Waals surface area contributed by atoms with Gasteiger partial charge >= 0.3 is 0 Å². The van der Waals surface area contributed by atoms with Crippen LogP contribution in [0.15, 0.2) is 11.6 Å². The third kappa shape index (κ3) is 3.21. The van der Waals surface area contributed by atoms with Gasteiger partial charge in [0.2, 0.25) is 15.0 Å². The van der Waals surface area contributed by atoms with Crippen molar-refractivity contribution in [1.82, 2.24) is 9.88 Å². The Balaban J connectivity index is 2.06. The fourth-order valence-electron chi connectivity index (χ4n) is 2.15. The predicted octanol–water partition coefficient (Wildman–Crippen LogP) is 1.62. The summed E-state index contributed by atoms with van der Waals surface area (Å²) in [4.78, 5) is 17.7. The maximum Gasteiger partial charge on any atom is 0.232 e. The third-order valence-corrected chi connectivity index (χ3v) is 5.14. The summed E-state index contributed by atoms with van der Waals surface area (Å²) < 4.78 is 22.0. The van der Waals surface area contributed by atoms with E-state index in [0.717, 1.165) is 5.01 Å². The van der Waals surface area contributed by atoms with Gasteiger partial charge in [0, 0.05) is 41.1 Å². The van der Waals surface area contributed by atoms with Gasteiger partial charge in [-0.3, -0.25) is 4.79 Å². The number of amides is 1. The molecule has 5 nitrogen and oxygen atoms in total. The molecule has 0 spiro atoms. The van der Waals surface area contributed by atoms with Crippen molar-refractivity contribution in [2.75, 3.05) is 12.3 Å². The topological polar surface area (TPSA) is 67.3 Å². The minimum atomic E-state index is -3.55. The van der Waals surface area contributed by atoms with E-state index < -0.39 is 9.05 Å². The fraction of sp³-hybridized carbons (Fsp3) is 0.600. The predicted molar refractivity (Wildman–Crippen MR) is 70.0 cm³/mol. The van der Waals surface area contributed by atoms with Crippen LogP contribution in [0.2, 0.25) is 0 Å². The number of nitrogens with zero attached hydrogens (tertiary/aromatic N) is 2. The molecule has 1 fully saturated rings. The highest BCUT2D eigenvalue weighted by Crippen LogP contribution is 2.30. The molecule has 1 saturated heterocycles. The second-order valence-corrected chi connectivity index (χ2v) is 8.12. The average Bonchev–Trinajstić information content (AvgIpc) is 2.84. The lowest BCUT2D eigenvalue weighted by molar-refractivity contribution is -0.129. The van der Waals surface area contributed by atoms with Gasteiger partial charge in [-0.2, -0.15) is 0 Å². The monoisotopic (exact) mass is 308 g/mol. The molecule has 0 N–H and O–H groups in total. The first kappa shape index (κ1) is 13.8. The van der Waals surface area contributed by atoms with Gasteiger partial charge in [0.05, 0.1) is 11.8 Å². The summed E-state index contributed by atoms with van der Waals surface area (Å²) in [6.45, 7) is 2.32. The SMILES string of the molecule is CC(c1nccs1)N1CC(CS(=O)(=O)Cl)CC1=O. The van der Waals surface area contributed by atoms with Crippen molar-refractivity contribution in [2.45, 2.75) is 19.4 Å². The van der Waals surface area contributed by atoms with Crippen LogP contribution >= 0.6 is 22.0 Å². The maximum atomic E-state index is 11.9. The molecule has 0 radical (unpaired) electrons. The van der Waals surface area contributed by atoms with Crippen LogP contribution in [-0.4, -0.2) is 36.5 Å². The average molecular weight is 309 g/mol. The number of hydrogen-bond donors (Lipinski definition) is 0. The largest absolute Gasteiger partial charge is 0.333 e. The molecular weight excluding hydrogens is 296 g/mol. The number of aromatic nitrogens is 1. The fourth-order valence-corrected chi connectivity index (χ4v) is 4.18. The summed E-state index contributed by atoms with van der Waals surface area (Å²) in [7, 11) is 1.67. The molecule has 0 saturated carbocycles. The summed E-state index contributed by atoms with van der Waals surface area (Å²) >= 11 is 1.48. The van der Waals surface area contributed by atoms with Gasteiger partial charge in [-0.15, -0.1) is 11.3 Å². The normalized spacial score (nSPS) is 22.4. The van der Waals surface area contributed by atoms with Gasteiger partial charge in [-0.1, -0.05) is 0 Å². The molecule has 1 aliphatic heterocycles. The van der Waals surface area contributed by atoms with Gasteiger partial charge in [0.1, 0.15) is 5.01 Å². The van der Waals surface area contributed by atoms with E-state index in [1.165, 1.54) is 11.3 Å². The first-order valence-electron chi connectivity index (χ1n) is 5.48. The molecule has 18 heavy (non-hydrogen) atoms. The number of hydrogen-bond acceptors (Lipinski definition) is 5. The number of thiazole rings is 1. The van der Waals surface area contributed by atoms with Crippen LogP contribution in [0, 0.1) is 5.92 Å². The van der Waals surface area contributed by atoms with Crippen LogP contribution < -0.4 is 0 Å². The Morgan fingerprint density at radius 2 is 2.39 bits per heavy atom. The Kier molecular flexibility index (Phi) is 3.93. The van der Waals surface area contributed by atoms with Crippen molar-refractivity contribution >= 4 is 37.0 Å². The molecule has 2 heterocycles. The van der Waals surface area contributed by atoms with Gasteiger partial charge < -0.3 is 4.90 Å². The molecule has 1 aromatic rings. The second-order valence-electron chi connectivity index (χ2n) is 4.37. The summed E-state index contributed by atoms with van der Waals surface area (Å²) in [5.41, 5.74) is 0. The Hall–Kier alpha value is -0.660. The zero-order valence-corrected chi connectivity index (χ0v) is 12.1. The van der Waals surface area contributed by atoms with E-state index in [2.05, 4.69) is 4.98 Å². The Bertz CT molecular complexity index is 529. The number of halogens is 1. The second kappa shape index (κ2) is 5.14. The van der Waals surface area contributed by atoms with E-state index in [9.17, 15) is 13.2 Å². The molecule has 1 aromatic heterocycles. The number of carbonyl (C=O) groups excluding carboxylic acids is 1. The zero-order chi connectivity index (χ0) is 13.3. The minimum Gasteiger partial charge on any atom is -0.333 e. The van der Waals surface area contributed by atoms with Crippen molar-refractivity contribution in [3.05, 3.63) is 16.6 Å². The first-order chi connectivity index (χ1) is 8.37. The van der Waals surface area contributed by atoms with Gasteiger partial charge in [0.15, 0.2) is 0 Å². The van der Waals surface area contributed by atoms with Gasteiger partial charge in [0.25, 0.3) is 0 Å². The molecule has 100 valence electrons. The molecular formula is C10H13ClN2O3S2. The van der Waals surface area contributed by atoms with E-state index in [1.807, 2.05) is 12.3 Å². The van der Waals surface area contributed by atoms with Crippen LogP contribution in [0.5, 0.6) is 0 Å². The van der Waals surface area contributed by atoms with E-state index in [0.29, 0.717) is 6.54 Å². The van der Waals surface area contributed by atoms with Crippen molar-refractivity contribution in [2.24, 2.45) is 5.92 Å². The van der Waals surface area contributed by atoms with Crippen LogP contribution in [0.25, 0.3) is 0 Å². The quantitative estimate of drug-likeness (QED) is 0.793. The lowest BCUT2D eigenvalue weighted by Crippen LogP contribution is -2.29. The molecule has 0 aromatic carbocycles. The van der Waals surface area contributed by atoms with Crippen LogP contribution in [0.4, 0.5) is 0 Å². The first-order valence-corrected chi connectivity index (χ1v) is 8.84. The number of rotatable bonds is 4.